The summed E-state index contributed by atoms with van der Waals surface area (Å²) in [5.74, 6) is 0.562. The Morgan fingerprint density at radius 3 is 2.62 bits per heavy atom. The first-order valence-electron chi connectivity index (χ1n) is 8.32. The highest BCUT2D eigenvalue weighted by Gasteiger charge is 2.18. The summed E-state index contributed by atoms with van der Waals surface area (Å²) in [5.41, 5.74) is 1.71. The summed E-state index contributed by atoms with van der Waals surface area (Å²) >= 11 is 5.97. The molecular formula is C18H21ClN4O. The van der Waals surface area contributed by atoms with Gasteiger partial charge in [-0.15, -0.1) is 0 Å². The fourth-order valence-corrected chi connectivity index (χ4v) is 3.03. The van der Waals surface area contributed by atoms with Gasteiger partial charge in [-0.05, 0) is 43.4 Å². The van der Waals surface area contributed by atoms with E-state index in [4.69, 9.17) is 11.6 Å². The lowest BCUT2D eigenvalue weighted by Crippen LogP contribution is -2.35. The first-order chi connectivity index (χ1) is 11.7. The highest BCUT2D eigenvalue weighted by molar-refractivity contribution is 6.30. The van der Waals surface area contributed by atoms with Crippen LogP contribution in [0.5, 0.6) is 0 Å². The van der Waals surface area contributed by atoms with Crippen molar-refractivity contribution in [1.29, 1.82) is 0 Å². The Bertz CT molecular complexity index is 684. The molecule has 0 saturated carbocycles. The van der Waals surface area contributed by atoms with E-state index < -0.39 is 0 Å². The quantitative estimate of drug-likeness (QED) is 0.903. The van der Waals surface area contributed by atoms with Gasteiger partial charge in [0.1, 0.15) is 0 Å². The zero-order valence-electron chi connectivity index (χ0n) is 13.5. The summed E-state index contributed by atoms with van der Waals surface area (Å²) in [4.78, 5) is 22.7. The molecule has 1 aromatic carbocycles. The van der Waals surface area contributed by atoms with Crippen molar-refractivity contribution in [3.63, 3.8) is 0 Å². The molecule has 5 nitrogen and oxygen atoms in total. The van der Waals surface area contributed by atoms with E-state index >= 15 is 0 Å². The third-order valence-electron chi connectivity index (χ3n) is 4.13. The molecule has 6 heteroatoms. The average molecular weight is 345 g/mol. The van der Waals surface area contributed by atoms with Crippen LogP contribution in [-0.4, -0.2) is 40.4 Å². The highest BCUT2D eigenvalue weighted by atomic mass is 35.5. The van der Waals surface area contributed by atoms with E-state index in [0.717, 1.165) is 42.9 Å². The van der Waals surface area contributed by atoms with Gasteiger partial charge < -0.3 is 10.2 Å². The Morgan fingerprint density at radius 1 is 1.17 bits per heavy atom. The number of aromatic nitrogens is 2. The summed E-state index contributed by atoms with van der Waals surface area (Å²) in [6.07, 6.45) is 7.40. The van der Waals surface area contributed by atoms with Gasteiger partial charge in [-0.3, -0.25) is 4.79 Å². The molecule has 1 saturated heterocycles. The van der Waals surface area contributed by atoms with Crippen LogP contribution >= 0.6 is 11.6 Å². The van der Waals surface area contributed by atoms with E-state index in [0.29, 0.717) is 18.1 Å². The van der Waals surface area contributed by atoms with Gasteiger partial charge in [0.25, 0.3) is 5.91 Å². The number of nitrogens with one attached hydrogen (secondary N) is 1. The molecule has 0 unspecified atom stereocenters. The first kappa shape index (κ1) is 16.7. The monoisotopic (exact) mass is 344 g/mol. The second-order valence-corrected chi connectivity index (χ2v) is 6.39. The van der Waals surface area contributed by atoms with Gasteiger partial charge in [-0.1, -0.05) is 23.7 Å². The summed E-state index contributed by atoms with van der Waals surface area (Å²) in [6.45, 7) is 2.37. The lowest BCUT2D eigenvalue weighted by atomic mass is 10.1. The van der Waals surface area contributed by atoms with Gasteiger partial charge in [0, 0.05) is 37.1 Å². The molecule has 0 atom stereocenters. The fourth-order valence-electron chi connectivity index (χ4n) is 2.82. The van der Waals surface area contributed by atoms with E-state index in [1.165, 1.54) is 6.42 Å². The average Bonchev–Trinajstić information content (AvgIpc) is 2.63. The number of nitrogens with zero attached hydrogens (tertiary/aromatic N) is 3. The number of anilines is 1. The van der Waals surface area contributed by atoms with Gasteiger partial charge >= 0.3 is 0 Å². The van der Waals surface area contributed by atoms with Crippen molar-refractivity contribution >= 4 is 23.5 Å². The molecule has 0 bridgehead atoms. The number of carbonyl (C=O) groups is 1. The third kappa shape index (κ3) is 4.45. The predicted octanol–water partition coefficient (Wildman–Crippen LogP) is 3.41. The molecule has 24 heavy (non-hydrogen) atoms. The van der Waals surface area contributed by atoms with E-state index in [2.05, 4.69) is 15.3 Å². The van der Waals surface area contributed by atoms with E-state index in [9.17, 15) is 4.79 Å². The fraction of sp³-hybridized carbons (Fsp3) is 0.389. The molecule has 2 heterocycles. The van der Waals surface area contributed by atoms with Crippen molar-refractivity contribution in [2.24, 2.45) is 0 Å². The van der Waals surface area contributed by atoms with Crippen LogP contribution in [0.4, 0.5) is 5.95 Å². The van der Waals surface area contributed by atoms with Crippen LogP contribution < -0.4 is 5.32 Å². The van der Waals surface area contributed by atoms with Crippen LogP contribution in [-0.2, 0) is 6.42 Å². The topological polar surface area (TPSA) is 58.1 Å². The number of rotatable bonds is 5. The molecule has 3 rings (SSSR count). The molecule has 1 aliphatic heterocycles. The van der Waals surface area contributed by atoms with E-state index in [1.807, 2.05) is 29.2 Å². The van der Waals surface area contributed by atoms with Gasteiger partial charge in [0.05, 0.1) is 5.56 Å². The number of amides is 1. The molecule has 0 spiro atoms. The molecule has 1 fully saturated rings. The zero-order valence-corrected chi connectivity index (χ0v) is 14.3. The standard InChI is InChI=1S/C18H21ClN4O/c19-16-6-4-5-14(11-16)7-8-20-18-21-12-15(13-22-18)17(24)23-9-2-1-3-10-23/h4-6,11-13H,1-3,7-10H2,(H,20,21,22). The third-order valence-corrected chi connectivity index (χ3v) is 4.36. The molecule has 2 aromatic rings. The van der Waals surface area contributed by atoms with Crippen LogP contribution in [0.1, 0.15) is 35.2 Å². The van der Waals surface area contributed by atoms with Crippen molar-refractivity contribution in [3.05, 3.63) is 52.8 Å². The normalized spacial score (nSPS) is 14.5. The molecule has 1 N–H and O–H groups in total. The number of halogens is 1. The number of likely N-dealkylation sites (tertiary alicyclic amines) is 1. The number of carbonyl (C=O) groups excluding carboxylic acids is 1. The molecule has 0 radical (unpaired) electrons. The Kier molecular flexibility index (Phi) is 5.64. The zero-order chi connectivity index (χ0) is 16.8. The molecule has 1 amide bonds. The molecule has 1 aliphatic rings. The number of piperidine rings is 1. The maximum Gasteiger partial charge on any atom is 0.256 e. The van der Waals surface area contributed by atoms with Crippen molar-refractivity contribution in [3.8, 4) is 0 Å². The van der Waals surface area contributed by atoms with Gasteiger partial charge in [0.2, 0.25) is 5.95 Å². The molecule has 126 valence electrons. The van der Waals surface area contributed by atoms with Crippen LogP contribution in [0.3, 0.4) is 0 Å². The SMILES string of the molecule is O=C(c1cnc(NCCc2cccc(Cl)c2)nc1)N1CCCCC1. The minimum atomic E-state index is 0.0279. The van der Waals surface area contributed by atoms with Crippen LogP contribution in [0.25, 0.3) is 0 Å². The maximum atomic E-state index is 12.4. The minimum absolute atomic E-state index is 0.0279. The van der Waals surface area contributed by atoms with E-state index in [1.54, 1.807) is 12.4 Å². The summed E-state index contributed by atoms with van der Waals surface area (Å²) < 4.78 is 0. The summed E-state index contributed by atoms with van der Waals surface area (Å²) in [6, 6.07) is 7.79. The number of hydrogen-bond donors (Lipinski definition) is 1. The first-order valence-corrected chi connectivity index (χ1v) is 8.70. The molecule has 0 aliphatic carbocycles. The van der Waals surface area contributed by atoms with Gasteiger partial charge in [-0.2, -0.15) is 0 Å². The molecular weight excluding hydrogens is 324 g/mol. The van der Waals surface area contributed by atoms with E-state index in [-0.39, 0.29) is 5.91 Å². The number of hydrogen-bond acceptors (Lipinski definition) is 4. The minimum Gasteiger partial charge on any atom is -0.354 e. The van der Waals surface area contributed by atoms with Crippen LogP contribution in [0.2, 0.25) is 5.02 Å². The van der Waals surface area contributed by atoms with Gasteiger partial charge in [0.15, 0.2) is 0 Å². The summed E-state index contributed by atoms with van der Waals surface area (Å²) in [5, 5.41) is 3.91. The lowest BCUT2D eigenvalue weighted by Gasteiger charge is -2.26. The van der Waals surface area contributed by atoms with Crippen molar-refractivity contribution in [2.75, 3.05) is 25.0 Å². The van der Waals surface area contributed by atoms with Crippen molar-refractivity contribution in [2.45, 2.75) is 25.7 Å². The lowest BCUT2D eigenvalue weighted by molar-refractivity contribution is 0.0723. The Morgan fingerprint density at radius 2 is 1.92 bits per heavy atom. The Balaban J connectivity index is 1.51. The largest absolute Gasteiger partial charge is 0.354 e. The van der Waals surface area contributed by atoms with Crippen LogP contribution in [0.15, 0.2) is 36.7 Å². The smallest absolute Gasteiger partial charge is 0.256 e. The molecule has 1 aromatic heterocycles. The second-order valence-electron chi connectivity index (χ2n) is 5.95. The Hall–Kier alpha value is -2.14. The highest BCUT2D eigenvalue weighted by Crippen LogP contribution is 2.13. The van der Waals surface area contributed by atoms with Crippen molar-refractivity contribution in [1.82, 2.24) is 14.9 Å². The van der Waals surface area contributed by atoms with Crippen molar-refractivity contribution < 1.29 is 4.79 Å². The number of benzene rings is 1. The predicted molar refractivity (Wildman–Crippen MR) is 95.4 cm³/mol. The Labute approximate surface area is 147 Å². The van der Waals surface area contributed by atoms with Gasteiger partial charge in [-0.25, -0.2) is 9.97 Å². The maximum absolute atomic E-state index is 12.4. The second kappa shape index (κ2) is 8.11. The van der Waals surface area contributed by atoms with Crippen LogP contribution in [0, 0.1) is 0 Å². The summed E-state index contributed by atoms with van der Waals surface area (Å²) in [7, 11) is 0.